The molecule has 0 heterocycles. The van der Waals surface area contributed by atoms with Crippen molar-refractivity contribution in [2.45, 2.75) is 122 Å². The Morgan fingerprint density at radius 3 is 1.85 bits per heavy atom. The lowest BCUT2D eigenvalue weighted by Gasteiger charge is -2.23. The van der Waals surface area contributed by atoms with E-state index in [1.165, 1.54) is 57.8 Å². The maximum atomic E-state index is 12.7. The minimum Gasteiger partial charge on any atom is -0.282 e. The topological polar surface area (TPSA) is 54.4 Å². The van der Waals surface area contributed by atoms with Crippen LogP contribution in [0.3, 0.4) is 0 Å². The van der Waals surface area contributed by atoms with Crippen molar-refractivity contribution in [1.29, 1.82) is 0 Å². The molecule has 0 aliphatic carbocycles. The summed E-state index contributed by atoms with van der Waals surface area (Å²) in [5, 5.41) is 1.56. The molecule has 2 unspecified atom stereocenters. The van der Waals surface area contributed by atoms with Crippen LogP contribution >= 0.6 is 0 Å². The number of benzene rings is 2. The first-order valence-electron chi connectivity index (χ1n) is 13.9. The molecule has 0 aromatic heterocycles. The van der Waals surface area contributed by atoms with Gasteiger partial charge in [0.2, 0.25) is 0 Å². The predicted molar refractivity (Wildman–Crippen MR) is 146 cm³/mol. The van der Waals surface area contributed by atoms with E-state index in [2.05, 4.69) is 33.8 Å². The fourth-order valence-corrected chi connectivity index (χ4v) is 6.32. The summed E-state index contributed by atoms with van der Waals surface area (Å²) in [6, 6.07) is 9.84. The van der Waals surface area contributed by atoms with Gasteiger partial charge in [-0.15, -0.1) is 0 Å². The van der Waals surface area contributed by atoms with E-state index in [1.807, 2.05) is 24.3 Å². The van der Waals surface area contributed by atoms with Gasteiger partial charge in [0.1, 0.15) is 4.90 Å². The van der Waals surface area contributed by atoms with Crippen molar-refractivity contribution in [2.24, 2.45) is 11.8 Å². The van der Waals surface area contributed by atoms with Crippen molar-refractivity contribution in [3.8, 4) is 0 Å². The van der Waals surface area contributed by atoms with Crippen molar-refractivity contribution < 1.29 is 13.0 Å². The summed E-state index contributed by atoms with van der Waals surface area (Å²) in [7, 11) is -4.33. The van der Waals surface area contributed by atoms with Crippen LogP contribution in [0.1, 0.15) is 116 Å². The van der Waals surface area contributed by atoms with Crippen LogP contribution in [-0.4, -0.2) is 13.0 Å². The smallest absolute Gasteiger partial charge is 0.282 e. The molecule has 1 N–H and O–H groups in total. The van der Waals surface area contributed by atoms with Crippen LogP contribution < -0.4 is 0 Å². The van der Waals surface area contributed by atoms with Gasteiger partial charge in [-0.25, -0.2) is 0 Å². The van der Waals surface area contributed by atoms with E-state index in [4.69, 9.17) is 0 Å². The minimum atomic E-state index is -4.33. The molecular weight excluding hydrogens is 440 g/mol. The second-order valence-electron chi connectivity index (χ2n) is 10.2. The molecule has 0 spiro atoms. The van der Waals surface area contributed by atoms with Gasteiger partial charge in [0, 0.05) is 5.39 Å². The van der Waals surface area contributed by atoms with Gasteiger partial charge in [-0.2, -0.15) is 8.42 Å². The third-order valence-corrected chi connectivity index (χ3v) is 8.52. The summed E-state index contributed by atoms with van der Waals surface area (Å²) >= 11 is 0. The summed E-state index contributed by atoms with van der Waals surface area (Å²) in [6.07, 6.45) is 15.9. The van der Waals surface area contributed by atoms with Crippen LogP contribution in [0.5, 0.6) is 0 Å². The lowest BCUT2D eigenvalue weighted by atomic mass is 9.84. The molecule has 0 aliphatic heterocycles. The number of rotatable bonds is 17. The lowest BCUT2D eigenvalue weighted by molar-refractivity contribution is 0.422. The first-order valence-corrected chi connectivity index (χ1v) is 15.3. The van der Waals surface area contributed by atoms with E-state index >= 15 is 0 Å². The van der Waals surface area contributed by atoms with Gasteiger partial charge in [0.25, 0.3) is 10.1 Å². The minimum absolute atomic E-state index is 0.161. The zero-order valence-electron chi connectivity index (χ0n) is 22.1. The average Bonchev–Trinajstić information content (AvgIpc) is 2.81. The lowest BCUT2D eigenvalue weighted by Crippen LogP contribution is -2.15. The van der Waals surface area contributed by atoms with Gasteiger partial charge < -0.3 is 0 Å². The van der Waals surface area contributed by atoms with E-state index in [9.17, 15) is 13.0 Å². The second kappa shape index (κ2) is 14.9. The van der Waals surface area contributed by atoms with Gasteiger partial charge in [-0.05, 0) is 41.2 Å². The fraction of sp³-hybridized carbons (Fsp3) is 0.667. The molecule has 0 amide bonds. The van der Waals surface area contributed by atoms with Crippen LogP contribution in [0, 0.1) is 11.8 Å². The van der Waals surface area contributed by atoms with Crippen LogP contribution in [0.2, 0.25) is 0 Å². The van der Waals surface area contributed by atoms with E-state index in [1.54, 1.807) is 0 Å². The highest BCUT2D eigenvalue weighted by atomic mass is 32.2. The monoisotopic (exact) mass is 488 g/mol. The summed E-state index contributed by atoms with van der Waals surface area (Å²) in [5.41, 5.74) is 2.00. The van der Waals surface area contributed by atoms with Crippen molar-refractivity contribution >= 4 is 20.9 Å². The Morgan fingerprint density at radius 1 is 0.765 bits per heavy atom. The normalized spacial score (nSPS) is 13.9. The average molecular weight is 489 g/mol. The molecule has 4 heteroatoms. The Labute approximate surface area is 209 Å². The van der Waals surface area contributed by atoms with E-state index in [0.717, 1.165) is 48.6 Å². The molecule has 2 aromatic carbocycles. The molecule has 0 aliphatic rings. The molecule has 0 saturated heterocycles. The van der Waals surface area contributed by atoms with Gasteiger partial charge >= 0.3 is 0 Å². The standard InChI is InChI=1S/C30H48O3S/c1-5-9-11-13-17-24(7-3)21-27-23-26-19-15-16-20-28(26)30(34(31,32)33)29(27)22-25(8-4)18-14-12-10-6-2/h15-16,19-20,23-25H,5-14,17-18,21-22H2,1-4H3,(H,31,32,33). The van der Waals surface area contributed by atoms with Crippen molar-refractivity contribution in [3.05, 3.63) is 41.5 Å². The van der Waals surface area contributed by atoms with E-state index < -0.39 is 10.1 Å². The molecule has 0 radical (unpaired) electrons. The van der Waals surface area contributed by atoms with Gasteiger partial charge in [-0.3, -0.25) is 4.55 Å². The van der Waals surface area contributed by atoms with Crippen LogP contribution in [0.15, 0.2) is 35.2 Å². The van der Waals surface area contributed by atoms with Crippen LogP contribution in [0.25, 0.3) is 10.8 Å². The molecular formula is C30H48O3S. The molecule has 0 bridgehead atoms. The maximum absolute atomic E-state index is 12.7. The highest BCUT2D eigenvalue weighted by molar-refractivity contribution is 7.86. The Balaban J connectivity index is 2.47. The fourth-order valence-electron chi connectivity index (χ4n) is 5.33. The Kier molecular flexibility index (Phi) is 12.6. The Hall–Kier alpha value is -1.39. The van der Waals surface area contributed by atoms with Crippen LogP contribution in [0.4, 0.5) is 0 Å². The Bertz CT molecular complexity index is 964. The molecule has 2 atom stereocenters. The van der Waals surface area contributed by atoms with Gasteiger partial charge in [0.15, 0.2) is 0 Å². The van der Waals surface area contributed by atoms with Crippen molar-refractivity contribution in [1.82, 2.24) is 0 Å². The second-order valence-corrected chi connectivity index (χ2v) is 11.6. The number of hydrogen-bond donors (Lipinski definition) is 1. The summed E-state index contributed by atoms with van der Waals surface area (Å²) in [5.74, 6) is 0.970. The molecule has 2 aromatic rings. The number of fused-ring (bicyclic) bond motifs is 1. The first-order chi connectivity index (χ1) is 16.3. The highest BCUT2D eigenvalue weighted by Crippen LogP contribution is 2.35. The highest BCUT2D eigenvalue weighted by Gasteiger charge is 2.25. The number of unbranched alkanes of at least 4 members (excludes halogenated alkanes) is 6. The zero-order chi connectivity index (χ0) is 25.0. The van der Waals surface area contributed by atoms with Gasteiger partial charge in [0.05, 0.1) is 0 Å². The molecule has 0 fully saturated rings. The SMILES string of the molecule is CCCCCCC(CC)Cc1cc2ccccc2c(S(=O)(=O)O)c1CC(CC)CCCCCC. The largest absolute Gasteiger partial charge is 0.295 e. The summed E-state index contributed by atoms with van der Waals surface area (Å²) < 4.78 is 35.9. The third kappa shape index (κ3) is 8.68. The molecule has 0 saturated carbocycles. The third-order valence-electron chi connectivity index (χ3n) is 7.54. The zero-order valence-corrected chi connectivity index (χ0v) is 22.9. The quantitative estimate of drug-likeness (QED) is 0.178. The molecule has 192 valence electrons. The van der Waals surface area contributed by atoms with Gasteiger partial charge in [-0.1, -0.05) is 135 Å². The first kappa shape index (κ1) is 28.8. The molecule has 34 heavy (non-hydrogen) atoms. The summed E-state index contributed by atoms with van der Waals surface area (Å²) in [6.45, 7) is 8.92. The Morgan fingerprint density at radius 2 is 1.32 bits per heavy atom. The predicted octanol–water partition coefficient (Wildman–Crippen LogP) is 9.16. The maximum Gasteiger partial charge on any atom is 0.295 e. The van der Waals surface area contributed by atoms with E-state index in [-0.39, 0.29) is 4.90 Å². The van der Waals surface area contributed by atoms with Crippen molar-refractivity contribution in [3.63, 3.8) is 0 Å². The molecule has 3 nitrogen and oxygen atoms in total. The van der Waals surface area contributed by atoms with Crippen LogP contribution in [-0.2, 0) is 23.0 Å². The van der Waals surface area contributed by atoms with E-state index in [0.29, 0.717) is 17.2 Å². The summed E-state index contributed by atoms with van der Waals surface area (Å²) in [4.78, 5) is 0.161. The van der Waals surface area contributed by atoms with Crippen molar-refractivity contribution in [2.75, 3.05) is 0 Å². The number of hydrogen-bond acceptors (Lipinski definition) is 2. The molecule has 2 rings (SSSR count).